The van der Waals surface area contributed by atoms with E-state index in [1.165, 1.54) is 6.42 Å². The van der Waals surface area contributed by atoms with Crippen molar-refractivity contribution in [2.75, 3.05) is 7.11 Å². The minimum atomic E-state index is -0.0603. The topological polar surface area (TPSA) is 50.8 Å². The maximum Gasteiger partial charge on any atom is 0.276 e. The highest BCUT2D eigenvalue weighted by Gasteiger charge is 2.36. The summed E-state index contributed by atoms with van der Waals surface area (Å²) in [6.45, 7) is 0.334. The van der Waals surface area contributed by atoms with Crippen LogP contribution in [0.3, 0.4) is 0 Å². The fraction of sp³-hybridized carbons (Fsp3) is 0.333. The van der Waals surface area contributed by atoms with Crippen molar-refractivity contribution in [2.45, 2.75) is 44.8 Å². The Labute approximate surface area is 193 Å². The highest BCUT2D eigenvalue weighted by Crippen LogP contribution is 2.31. The van der Waals surface area contributed by atoms with Crippen LogP contribution in [0.5, 0.6) is 11.5 Å². The highest BCUT2D eigenvalue weighted by atomic mass is 35.5. The largest absolute Gasteiger partial charge is 0.493 e. The molecule has 0 aromatic heterocycles. The van der Waals surface area contributed by atoms with Crippen molar-refractivity contribution in [2.24, 2.45) is 0 Å². The van der Waals surface area contributed by atoms with Crippen molar-refractivity contribution in [1.29, 1.82) is 0 Å². The molecule has 31 heavy (non-hydrogen) atoms. The number of nitrogens with zero attached hydrogens (tertiary/aromatic N) is 1. The lowest BCUT2D eigenvalue weighted by Gasteiger charge is -2.29. The second kappa shape index (κ2) is 9.71. The molecule has 1 N–H and O–H groups in total. The maximum atomic E-state index is 13.0. The molecule has 2 fully saturated rings. The lowest BCUT2D eigenvalue weighted by molar-refractivity contribution is -0.124. The van der Waals surface area contributed by atoms with Crippen LogP contribution in [-0.4, -0.2) is 29.1 Å². The van der Waals surface area contributed by atoms with Gasteiger partial charge in [0.25, 0.3) is 5.91 Å². The van der Waals surface area contributed by atoms with Gasteiger partial charge in [-0.25, -0.2) is 0 Å². The Morgan fingerprint density at radius 2 is 1.94 bits per heavy atom. The van der Waals surface area contributed by atoms with E-state index >= 15 is 0 Å². The van der Waals surface area contributed by atoms with Crippen molar-refractivity contribution in [3.05, 3.63) is 64.3 Å². The monoisotopic (exact) mass is 456 g/mol. The van der Waals surface area contributed by atoms with Crippen LogP contribution < -0.4 is 14.8 Å². The molecule has 162 valence electrons. The van der Waals surface area contributed by atoms with E-state index in [4.69, 9.17) is 33.3 Å². The summed E-state index contributed by atoms with van der Waals surface area (Å²) in [5.41, 5.74) is 2.21. The predicted molar refractivity (Wildman–Crippen MR) is 126 cm³/mol. The van der Waals surface area contributed by atoms with E-state index in [1.54, 1.807) is 18.1 Å². The molecule has 1 aliphatic carbocycles. The first kappa shape index (κ1) is 21.7. The Bertz CT molecular complexity index is 1020. The number of amides is 1. The summed E-state index contributed by atoms with van der Waals surface area (Å²) in [4.78, 5) is 14.7. The lowest BCUT2D eigenvalue weighted by Crippen LogP contribution is -2.41. The highest BCUT2D eigenvalue weighted by molar-refractivity contribution is 7.80. The smallest absolute Gasteiger partial charge is 0.276 e. The Balaban J connectivity index is 1.49. The summed E-state index contributed by atoms with van der Waals surface area (Å²) < 4.78 is 11.4. The Morgan fingerprint density at radius 3 is 2.68 bits per heavy atom. The molecule has 5 nitrogen and oxygen atoms in total. The van der Waals surface area contributed by atoms with Gasteiger partial charge >= 0.3 is 0 Å². The van der Waals surface area contributed by atoms with Gasteiger partial charge in [-0.2, -0.15) is 0 Å². The first-order chi connectivity index (χ1) is 15.1. The number of carbonyl (C=O) groups is 1. The van der Waals surface area contributed by atoms with Gasteiger partial charge in [0.1, 0.15) is 12.3 Å². The van der Waals surface area contributed by atoms with E-state index in [-0.39, 0.29) is 11.9 Å². The fourth-order valence-electron chi connectivity index (χ4n) is 4.05. The molecular weight excluding hydrogens is 432 g/mol. The lowest BCUT2D eigenvalue weighted by atomic mass is 9.94. The number of methoxy groups -OCH3 is 1. The standard InChI is InChI=1S/C24H25ClN2O3S/c1-29-22-14-16(11-12-21(22)30-15-17-7-5-6-10-19(17)25)13-20-23(28)27(24(31)26-20)18-8-3-2-4-9-18/h5-7,10-14,18H,2-4,8-9,15H2,1H3,(H,26,31)/b20-13-. The summed E-state index contributed by atoms with van der Waals surface area (Å²) in [5, 5.41) is 4.24. The van der Waals surface area contributed by atoms with E-state index in [0.29, 0.717) is 33.9 Å². The molecule has 4 rings (SSSR count). The third kappa shape index (κ3) is 4.86. The summed E-state index contributed by atoms with van der Waals surface area (Å²) in [5.74, 6) is 1.13. The SMILES string of the molecule is COc1cc(/C=C2\NC(=S)N(C3CCCCC3)C2=O)ccc1OCc1ccccc1Cl. The minimum absolute atomic E-state index is 0.0603. The zero-order chi connectivity index (χ0) is 21.8. The minimum Gasteiger partial charge on any atom is -0.493 e. The number of benzene rings is 2. The average molecular weight is 457 g/mol. The number of hydrogen-bond donors (Lipinski definition) is 1. The van der Waals surface area contributed by atoms with Crippen LogP contribution in [0, 0.1) is 0 Å². The molecule has 0 atom stereocenters. The van der Waals surface area contributed by atoms with Crippen LogP contribution >= 0.6 is 23.8 Å². The van der Waals surface area contributed by atoms with Crippen LogP contribution in [0.4, 0.5) is 0 Å². The fourth-order valence-corrected chi connectivity index (χ4v) is 4.58. The molecule has 2 aromatic rings. The summed E-state index contributed by atoms with van der Waals surface area (Å²) in [6.07, 6.45) is 7.33. The van der Waals surface area contributed by atoms with E-state index < -0.39 is 0 Å². The molecule has 1 amide bonds. The summed E-state index contributed by atoms with van der Waals surface area (Å²) in [7, 11) is 1.59. The van der Waals surface area contributed by atoms with Gasteiger partial charge in [0.15, 0.2) is 16.6 Å². The van der Waals surface area contributed by atoms with E-state index in [0.717, 1.165) is 36.8 Å². The third-order valence-electron chi connectivity index (χ3n) is 5.69. The van der Waals surface area contributed by atoms with Crippen molar-refractivity contribution < 1.29 is 14.3 Å². The summed E-state index contributed by atoms with van der Waals surface area (Å²) in [6, 6.07) is 13.3. The molecule has 1 saturated heterocycles. The average Bonchev–Trinajstić information content (AvgIpc) is 3.07. The van der Waals surface area contributed by atoms with Gasteiger partial charge in [-0.15, -0.1) is 0 Å². The molecule has 7 heteroatoms. The molecule has 1 heterocycles. The molecule has 2 aliphatic rings. The molecule has 1 aliphatic heterocycles. The van der Waals surface area contributed by atoms with E-state index in [1.807, 2.05) is 42.5 Å². The zero-order valence-corrected chi connectivity index (χ0v) is 19.0. The van der Waals surface area contributed by atoms with Crippen molar-refractivity contribution in [3.8, 4) is 11.5 Å². The normalized spacial score (nSPS) is 18.4. The number of carbonyl (C=O) groups excluding carboxylic acids is 1. The number of halogens is 1. The van der Waals surface area contributed by atoms with Crippen LogP contribution in [0.1, 0.15) is 43.2 Å². The quantitative estimate of drug-likeness (QED) is 0.471. The van der Waals surface area contributed by atoms with Gasteiger partial charge < -0.3 is 14.8 Å². The first-order valence-corrected chi connectivity index (χ1v) is 11.3. The third-order valence-corrected chi connectivity index (χ3v) is 6.36. The number of hydrogen-bond acceptors (Lipinski definition) is 4. The molecular formula is C24H25ClN2O3S. The maximum absolute atomic E-state index is 13.0. The number of rotatable bonds is 6. The number of ether oxygens (including phenoxy) is 2. The molecule has 1 saturated carbocycles. The summed E-state index contributed by atoms with van der Waals surface area (Å²) >= 11 is 11.7. The van der Waals surface area contributed by atoms with Crippen LogP contribution in [0.15, 0.2) is 48.2 Å². The van der Waals surface area contributed by atoms with Gasteiger partial charge in [-0.05, 0) is 54.9 Å². The van der Waals surface area contributed by atoms with Crippen molar-refractivity contribution in [1.82, 2.24) is 10.2 Å². The molecule has 0 spiro atoms. The Morgan fingerprint density at radius 1 is 1.16 bits per heavy atom. The zero-order valence-electron chi connectivity index (χ0n) is 17.4. The number of thiocarbonyl (C=S) groups is 1. The molecule has 2 aromatic carbocycles. The van der Waals surface area contributed by atoms with Crippen LogP contribution in [0.25, 0.3) is 6.08 Å². The van der Waals surface area contributed by atoms with Crippen molar-refractivity contribution in [3.63, 3.8) is 0 Å². The van der Waals surface area contributed by atoms with Gasteiger partial charge in [-0.1, -0.05) is 55.1 Å². The van der Waals surface area contributed by atoms with Gasteiger partial charge in [-0.3, -0.25) is 9.69 Å². The van der Waals surface area contributed by atoms with E-state index in [2.05, 4.69) is 5.32 Å². The molecule has 0 unspecified atom stereocenters. The predicted octanol–water partition coefficient (Wildman–Crippen LogP) is 5.32. The van der Waals surface area contributed by atoms with Crippen molar-refractivity contribution >= 4 is 40.9 Å². The van der Waals surface area contributed by atoms with E-state index in [9.17, 15) is 4.79 Å². The Hall–Kier alpha value is -2.57. The second-order valence-corrected chi connectivity index (χ2v) is 8.54. The van der Waals surface area contributed by atoms with Gasteiger partial charge in [0.2, 0.25) is 0 Å². The van der Waals surface area contributed by atoms with Crippen LogP contribution in [-0.2, 0) is 11.4 Å². The van der Waals surface area contributed by atoms with Crippen LogP contribution in [0.2, 0.25) is 5.02 Å². The second-order valence-electron chi connectivity index (χ2n) is 7.75. The molecule has 0 bridgehead atoms. The van der Waals surface area contributed by atoms with Gasteiger partial charge in [0, 0.05) is 16.6 Å². The first-order valence-electron chi connectivity index (χ1n) is 10.5. The Kier molecular flexibility index (Phi) is 6.78. The number of nitrogens with one attached hydrogen (secondary N) is 1. The van der Waals surface area contributed by atoms with Gasteiger partial charge in [0.05, 0.1) is 7.11 Å². The molecule has 0 radical (unpaired) electrons.